The summed E-state index contributed by atoms with van der Waals surface area (Å²) in [4.78, 5) is 15.4. The zero-order chi connectivity index (χ0) is 19.6. The van der Waals surface area contributed by atoms with Gasteiger partial charge in [0.05, 0.1) is 13.7 Å². The van der Waals surface area contributed by atoms with E-state index in [9.17, 15) is 18.0 Å². The summed E-state index contributed by atoms with van der Waals surface area (Å²) in [5, 5.41) is 2.97. The molecule has 2 aromatic carbocycles. The maximum atomic E-state index is 13.8. The molecule has 3 aromatic rings. The highest BCUT2D eigenvalue weighted by Gasteiger charge is 2.12. The molecule has 8 heteroatoms. The van der Waals surface area contributed by atoms with E-state index in [0.717, 1.165) is 23.9 Å². The summed E-state index contributed by atoms with van der Waals surface area (Å²) in [6.07, 6.45) is 0.967. The number of hydrogen-bond acceptors (Lipinski definition) is 4. The number of nitrogens with one attached hydrogen (secondary N) is 1. The first-order valence-electron chi connectivity index (χ1n) is 8.00. The van der Waals surface area contributed by atoms with Gasteiger partial charge >= 0.3 is 5.56 Å². The molecule has 0 radical (unpaired) electrons. The molecular formula is C19H16F3N3O2. The topological polar surface area (TPSA) is 56.1 Å². The summed E-state index contributed by atoms with van der Waals surface area (Å²) >= 11 is 0. The largest absolute Gasteiger partial charge is 0.497 e. The van der Waals surface area contributed by atoms with Gasteiger partial charge in [-0.1, -0.05) is 12.1 Å². The highest BCUT2D eigenvalue weighted by molar-refractivity contribution is 5.61. The lowest BCUT2D eigenvalue weighted by Crippen LogP contribution is -2.20. The summed E-state index contributed by atoms with van der Waals surface area (Å²) in [5.41, 5.74) is 0.796. The third-order valence-electron chi connectivity index (χ3n) is 3.98. The third-order valence-corrected chi connectivity index (χ3v) is 3.98. The van der Waals surface area contributed by atoms with E-state index in [1.54, 1.807) is 12.1 Å². The lowest BCUT2D eigenvalue weighted by molar-refractivity contribution is 0.415. The first-order chi connectivity index (χ1) is 12.9. The molecule has 3 rings (SSSR count). The molecule has 1 N–H and O–H groups in total. The Morgan fingerprint density at radius 1 is 1.07 bits per heavy atom. The van der Waals surface area contributed by atoms with E-state index in [1.807, 2.05) is 13.0 Å². The standard InChI is InChI=1S/C19H16F3N3O2/c1-11-3-5-13(27-2)8-17(11)23-19-24-18(26)16(22)10-25(19)9-12-4-6-14(20)15(21)7-12/h3-8,10H,9H2,1-2H3,(H,23,24,26). The molecule has 0 unspecified atom stereocenters. The molecule has 5 nitrogen and oxygen atoms in total. The van der Waals surface area contributed by atoms with E-state index in [4.69, 9.17) is 4.74 Å². The number of rotatable bonds is 5. The number of hydrogen-bond donors (Lipinski definition) is 1. The van der Waals surface area contributed by atoms with Crippen molar-refractivity contribution in [2.75, 3.05) is 12.4 Å². The van der Waals surface area contributed by atoms with Gasteiger partial charge in [-0.05, 0) is 36.2 Å². The highest BCUT2D eigenvalue weighted by atomic mass is 19.2. The van der Waals surface area contributed by atoms with Crippen molar-refractivity contribution in [3.63, 3.8) is 0 Å². The Bertz CT molecular complexity index is 1050. The average molecular weight is 375 g/mol. The second-order valence-corrected chi connectivity index (χ2v) is 5.90. The first kappa shape index (κ1) is 18.5. The summed E-state index contributed by atoms with van der Waals surface area (Å²) < 4.78 is 46.8. The van der Waals surface area contributed by atoms with Gasteiger partial charge in [0.15, 0.2) is 11.6 Å². The first-order valence-corrected chi connectivity index (χ1v) is 8.00. The van der Waals surface area contributed by atoms with Gasteiger partial charge in [-0.2, -0.15) is 9.37 Å². The SMILES string of the molecule is COc1ccc(C)c(Nc2nc(=O)c(F)cn2Cc2ccc(F)c(F)c2)c1. The molecule has 0 bridgehead atoms. The van der Waals surface area contributed by atoms with Gasteiger partial charge in [0, 0.05) is 18.0 Å². The molecule has 0 aliphatic carbocycles. The van der Waals surface area contributed by atoms with E-state index in [2.05, 4.69) is 10.3 Å². The van der Waals surface area contributed by atoms with Crippen molar-refractivity contribution < 1.29 is 17.9 Å². The second-order valence-electron chi connectivity index (χ2n) is 5.90. The Kier molecular flexibility index (Phi) is 5.16. The molecule has 0 fully saturated rings. The van der Waals surface area contributed by atoms with Crippen molar-refractivity contribution in [3.05, 3.63) is 81.5 Å². The number of methoxy groups -OCH3 is 1. The molecule has 0 spiro atoms. The summed E-state index contributed by atoms with van der Waals surface area (Å²) in [5.74, 6) is -2.40. The molecule has 0 saturated carbocycles. The van der Waals surface area contributed by atoms with Crippen LogP contribution in [0.25, 0.3) is 0 Å². The van der Waals surface area contributed by atoms with Gasteiger partial charge in [0.2, 0.25) is 11.8 Å². The van der Waals surface area contributed by atoms with E-state index in [1.165, 1.54) is 17.7 Å². The highest BCUT2D eigenvalue weighted by Crippen LogP contribution is 2.24. The fourth-order valence-electron chi connectivity index (χ4n) is 2.51. The Morgan fingerprint density at radius 3 is 2.56 bits per heavy atom. The maximum absolute atomic E-state index is 13.8. The zero-order valence-corrected chi connectivity index (χ0v) is 14.6. The fraction of sp³-hybridized carbons (Fsp3) is 0.158. The van der Waals surface area contributed by atoms with E-state index >= 15 is 0 Å². The molecule has 1 aromatic heterocycles. The van der Waals surface area contributed by atoms with Crippen molar-refractivity contribution in [1.29, 1.82) is 0 Å². The van der Waals surface area contributed by atoms with Crippen LogP contribution in [0.5, 0.6) is 5.75 Å². The number of aromatic nitrogens is 2. The Hall–Kier alpha value is -3.29. The van der Waals surface area contributed by atoms with E-state index < -0.39 is 23.0 Å². The number of anilines is 2. The number of benzene rings is 2. The monoisotopic (exact) mass is 375 g/mol. The Labute approximate surface area is 153 Å². The van der Waals surface area contributed by atoms with Crippen LogP contribution in [-0.4, -0.2) is 16.7 Å². The molecular weight excluding hydrogens is 359 g/mol. The molecule has 0 aliphatic heterocycles. The maximum Gasteiger partial charge on any atom is 0.310 e. The van der Waals surface area contributed by atoms with Crippen LogP contribution in [0, 0.1) is 24.4 Å². The number of aryl methyl sites for hydroxylation is 1. The van der Waals surface area contributed by atoms with Gasteiger partial charge in [-0.15, -0.1) is 0 Å². The summed E-state index contributed by atoms with van der Waals surface area (Å²) in [6.45, 7) is 1.82. The van der Waals surface area contributed by atoms with Crippen molar-refractivity contribution in [3.8, 4) is 5.75 Å². The smallest absolute Gasteiger partial charge is 0.310 e. The molecule has 0 aliphatic rings. The predicted octanol–water partition coefficient (Wildman–Crippen LogP) is 3.77. The van der Waals surface area contributed by atoms with Crippen LogP contribution in [0.15, 0.2) is 47.4 Å². The van der Waals surface area contributed by atoms with Gasteiger partial charge in [0.25, 0.3) is 0 Å². The van der Waals surface area contributed by atoms with Crippen LogP contribution in [-0.2, 0) is 6.54 Å². The molecule has 1 heterocycles. The predicted molar refractivity (Wildman–Crippen MR) is 94.9 cm³/mol. The van der Waals surface area contributed by atoms with E-state index in [0.29, 0.717) is 17.0 Å². The number of halogens is 3. The van der Waals surface area contributed by atoms with Gasteiger partial charge in [-0.3, -0.25) is 4.79 Å². The van der Waals surface area contributed by atoms with Crippen LogP contribution in [0.4, 0.5) is 24.8 Å². The molecule has 0 atom stereocenters. The number of ether oxygens (including phenoxy) is 1. The minimum atomic E-state index is -1.05. The van der Waals surface area contributed by atoms with Gasteiger partial charge < -0.3 is 14.6 Å². The Balaban J connectivity index is 2.01. The zero-order valence-electron chi connectivity index (χ0n) is 14.6. The minimum Gasteiger partial charge on any atom is -0.497 e. The van der Waals surface area contributed by atoms with Crippen LogP contribution >= 0.6 is 0 Å². The Morgan fingerprint density at radius 2 is 1.85 bits per heavy atom. The second kappa shape index (κ2) is 7.53. The molecule has 0 saturated heterocycles. The fourth-order valence-corrected chi connectivity index (χ4v) is 2.51. The van der Waals surface area contributed by atoms with Crippen molar-refractivity contribution in [1.82, 2.24) is 9.55 Å². The average Bonchev–Trinajstić information content (AvgIpc) is 2.64. The van der Waals surface area contributed by atoms with Crippen molar-refractivity contribution in [2.45, 2.75) is 13.5 Å². The number of nitrogens with zero attached hydrogens (tertiary/aromatic N) is 2. The van der Waals surface area contributed by atoms with Crippen LogP contribution < -0.4 is 15.6 Å². The minimum absolute atomic E-state index is 0.0211. The van der Waals surface area contributed by atoms with Crippen molar-refractivity contribution >= 4 is 11.6 Å². The van der Waals surface area contributed by atoms with E-state index in [-0.39, 0.29) is 12.5 Å². The van der Waals surface area contributed by atoms with Gasteiger partial charge in [0.1, 0.15) is 5.75 Å². The molecule has 0 amide bonds. The van der Waals surface area contributed by atoms with Gasteiger partial charge in [-0.25, -0.2) is 8.78 Å². The lowest BCUT2D eigenvalue weighted by Gasteiger charge is -2.16. The summed E-state index contributed by atoms with van der Waals surface area (Å²) in [7, 11) is 1.52. The molecule has 27 heavy (non-hydrogen) atoms. The van der Waals surface area contributed by atoms with Crippen molar-refractivity contribution in [2.24, 2.45) is 0 Å². The quantitative estimate of drug-likeness (QED) is 0.738. The van der Waals surface area contributed by atoms with Crippen LogP contribution in [0.2, 0.25) is 0 Å². The summed E-state index contributed by atoms with van der Waals surface area (Å²) in [6, 6.07) is 8.64. The van der Waals surface area contributed by atoms with Crippen LogP contribution in [0.3, 0.4) is 0 Å². The lowest BCUT2D eigenvalue weighted by atomic mass is 10.2. The van der Waals surface area contributed by atoms with Crippen LogP contribution in [0.1, 0.15) is 11.1 Å². The third kappa shape index (κ3) is 4.11. The molecule has 140 valence electrons. The normalized spacial score (nSPS) is 10.7.